The van der Waals surface area contributed by atoms with E-state index in [1.807, 2.05) is 0 Å². The van der Waals surface area contributed by atoms with Gasteiger partial charge in [0.1, 0.15) is 5.76 Å². The second kappa shape index (κ2) is 4.30. The molecular formula is C8H10ClNO3. The zero-order valence-corrected chi connectivity index (χ0v) is 7.62. The summed E-state index contributed by atoms with van der Waals surface area (Å²) in [5.74, 6) is -0.348. The van der Waals surface area contributed by atoms with E-state index in [-0.39, 0.29) is 11.6 Å². The highest BCUT2D eigenvalue weighted by Crippen LogP contribution is 2.21. The largest absolute Gasteiger partial charge is 0.481 e. The molecule has 0 spiro atoms. The maximum absolute atomic E-state index is 10.2. The lowest BCUT2D eigenvalue weighted by Crippen LogP contribution is -2.11. The third-order valence-electron chi connectivity index (χ3n) is 1.63. The number of rotatable bonds is 4. The molecule has 3 N–H and O–H groups in total. The third kappa shape index (κ3) is 3.08. The Hall–Kier alpha value is -1.00. The zero-order chi connectivity index (χ0) is 9.84. The molecule has 4 nitrogen and oxygen atoms in total. The zero-order valence-electron chi connectivity index (χ0n) is 6.87. The minimum Gasteiger partial charge on any atom is -0.481 e. The number of furan rings is 1. The van der Waals surface area contributed by atoms with Gasteiger partial charge in [-0.3, -0.25) is 4.79 Å². The second-order valence-corrected chi connectivity index (χ2v) is 3.05. The fourth-order valence-corrected chi connectivity index (χ4v) is 1.10. The quantitative estimate of drug-likeness (QED) is 0.782. The van der Waals surface area contributed by atoms with Gasteiger partial charge in [-0.15, -0.1) is 0 Å². The minimum absolute atomic E-state index is 0.0273. The maximum Gasteiger partial charge on any atom is 0.303 e. The molecule has 1 aromatic rings. The Morgan fingerprint density at radius 1 is 1.69 bits per heavy atom. The van der Waals surface area contributed by atoms with Crippen molar-refractivity contribution in [1.82, 2.24) is 0 Å². The van der Waals surface area contributed by atoms with Gasteiger partial charge < -0.3 is 15.3 Å². The van der Waals surface area contributed by atoms with Gasteiger partial charge in [-0.25, -0.2) is 0 Å². The summed E-state index contributed by atoms with van der Waals surface area (Å²) in [5.41, 5.74) is 5.64. The summed E-state index contributed by atoms with van der Waals surface area (Å²) in [6.07, 6.45) is 0.374. The Morgan fingerprint density at radius 2 is 2.38 bits per heavy atom. The summed E-state index contributed by atoms with van der Waals surface area (Å²) in [7, 11) is 0. The van der Waals surface area contributed by atoms with Crippen molar-refractivity contribution in [2.45, 2.75) is 18.9 Å². The molecule has 0 amide bonds. The van der Waals surface area contributed by atoms with Gasteiger partial charge in [0.25, 0.3) is 0 Å². The van der Waals surface area contributed by atoms with E-state index < -0.39 is 12.0 Å². The van der Waals surface area contributed by atoms with Crippen LogP contribution in [-0.4, -0.2) is 11.1 Å². The molecule has 0 radical (unpaired) electrons. The maximum atomic E-state index is 10.2. The Morgan fingerprint density at radius 3 is 2.85 bits per heavy atom. The Kier molecular flexibility index (Phi) is 3.33. The SMILES string of the molecule is NC(CCC(=O)O)c1ccc(Cl)o1. The standard InChI is InChI=1S/C8H10ClNO3/c9-7-3-2-6(13-7)5(10)1-4-8(11)12/h2-3,5H,1,4,10H2,(H,11,12). The lowest BCUT2D eigenvalue weighted by molar-refractivity contribution is -0.137. The Balaban J connectivity index is 2.48. The molecule has 5 heteroatoms. The molecule has 13 heavy (non-hydrogen) atoms. The van der Waals surface area contributed by atoms with Crippen molar-refractivity contribution < 1.29 is 14.3 Å². The van der Waals surface area contributed by atoms with Crippen LogP contribution in [0.1, 0.15) is 24.6 Å². The Labute approximate surface area is 80.3 Å². The van der Waals surface area contributed by atoms with Crippen LogP contribution in [0.4, 0.5) is 0 Å². The van der Waals surface area contributed by atoms with Crippen LogP contribution in [0.3, 0.4) is 0 Å². The highest BCUT2D eigenvalue weighted by atomic mass is 35.5. The van der Waals surface area contributed by atoms with Crippen molar-refractivity contribution in [3.05, 3.63) is 23.1 Å². The summed E-state index contributed by atoms with van der Waals surface area (Å²) in [6.45, 7) is 0. The smallest absolute Gasteiger partial charge is 0.303 e. The van der Waals surface area contributed by atoms with Gasteiger partial charge in [0.2, 0.25) is 0 Å². The van der Waals surface area contributed by atoms with E-state index in [2.05, 4.69) is 0 Å². The van der Waals surface area contributed by atoms with Crippen molar-refractivity contribution in [3.8, 4) is 0 Å². The fraction of sp³-hybridized carbons (Fsp3) is 0.375. The molecule has 0 aliphatic rings. The lowest BCUT2D eigenvalue weighted by Gasteiger charge is -2.05. The summed E-state index contributed by atoms with van der Waals surface area (Å²) in [6, 6.07) is 2.83. The van der Waals surface area contributed by atoms with E-state index >= 15 is 0 Å². The highest BCUT2D eigenvalue weighted by molar-refractivity contribution is 6.28. The van der Waals surface area contributed by atoms with Gasteiger partial charge in [0.05, 0.1) is 6.04 Å². The van der Waals surface area contributed by atoms with E-state index in [0.29, 0.717) is 12.2 Å². The molecule has 0 aliphatic heterocycles. The fourth-order valence-electron chi connectivity index (χ4n) is 0.949. The summed E-state index contributed by atoms with van der Waals surface area (Å²) in [4.78, 5) is 10.2. The van der Waals surface area contributed by atoms with Gasteiger partial charge in [0.15, 0.2) is 5.22 Å². The number of carboxylic acids is 1. The number of aliphatic carboxylic acids is 1. The van der Waals surface area contributed by atoms with E-state index in [9.17, 15) is 4.79 Å². The van der Waals surface area contributed by atoms with Crippen LogP contribution in [0.25, 0.3) is 0 Å². The predicted molar refractivity (Wildman–Crippen MR) is 47.5 cm³/mol. The molecule has 0 bridgehead atoms. The Bertz CT molecular complexity index is 297. The third-order valence-corrected chi connectivity index (χ3v) is 1.83. The van der Waals surface area contributed by atoms with Crippen LogP contribution >= 0.6 is 11.6 Å². The van der Waals surface area contributed by atoms with Crippen LogP contribution in [-0.2, 0) is 4.79 Å². The van der Waals surface area contributed by atoms with Gasteiger partial charge in [-0.05, 0) is 30.2 Å². The minimum atomic E-state index is -0.867. The first-order chi connectivity index (χ1) is 6.09. The molecule has 1 aromatic heterocycles. The topological polar surface area (TPSA) is 76.5 Å². The molecule has 0 fully saturated rings. The summed E-state index contributed by atoms with van der Waals surface area (Å²) < 4.78 is 5.03. The number of halogens is 1. The average Bonchev–Trinajstić information content (AvgIpc) is 2.47. The number of carboxylic acid groups (broad SMARTS) is 1. The molecule has 72 valence electrons. The predicted octanol–water partition coefficient (Wildman–Crippen LogP) is 1.80. The van der Waals surface area contributed by atoms with Gasteiger partial charge >= 0.3 is 5.97 Å². The first kappa shape index (κ1) is 10.1. The molecule has 0 saturated carbocycles. The lowest BCUT2D eigenvalue weighted by atomic mass is 10.1. The number of hydrogen-bond acceptors (Lipinski definition) is 3. The van der Waals surface area contributed by atoms with Crippen LogP contribution in [0.2, 0.25) is 5.22 Å². The first-order valence-electron chi connectivity index (χ1n) is 3.82. The van der Waals surface area contributed by atoms with Gasteiger partial charge in [-0.1, -0.05) is 0 Å². The normalized spacial score (nSPS) is 12.8. The van der Waals surface area contributed by atoms with Crippen LogP contribution in [0.5, 0.6) is 0 Å². The number of nitrogens with two attached hydrogens (primary N) is 1. The summed E-state index contributed by atoms with van der Waals surface area (Å²) in [5, 5.41) is 8.67. The molecule has 1 rings (SSSR count). The van der Waals surface area contributed by atoms with Crippen molar-refractivity contribution >= 4 is 17.6 Å². The van der Waals surface area contributed by atoms with Crippen LogP contribution < -0.4 is 5.73 Å². The molecule has 1 unspecified atom stereocenters. The highest BCUT2D eigenvalue weighted by Gasteiger charge is 2.11. The van der Waals surface area contributed by atoms with E-state index in [0.717, 1.165) is 0 Å². The van der Waals surface area contributed by atoms with Gasteiger partial charge in [-0.2, -0.15) is 0 Å². The van der Waals surface area contributed by atoms with Crippen molar-refractivity contribution in [1.29, 1.82) is 0 Å². The molecular weight excluding hydrogens is 194 g/mol. The average molecular weight is 204 g/mol. The second-order valence-electron chi connectivity index (χ2n) is 2.68. The number of hydrogen-bond donors (Lipinski definition) is 2. The first-order valence-corrected chi connectivity index (χ1v) is 4.20. The van der Waals surface area contributed by atoms with E-state index in [1.165, 1.54) is 0 Å². The molecule has 0 saturated heterocycles. The summed E-state index contributed by atoms with van der Waals surface area (Å²) >= 11 is 5.53. The number of carbonyl (C=O) groups is 1. The monoisotopic (exact) mass is 203 g/mol. The van der Waals surface area contributed by atoms with E-state index in [1.54, 1.807) is 12.1 Å². The van der Waals surface area contributed by atoms with Gasteiger partial charge in [0, 0.05) is 6.42 Å². The molecule has 1 atom stereocenters. The van der Waals surface area contributed by atoms with Crippen molar-refractivity contribution in [3.63, 3.8) is 0 Å². The molecule has 0 aliphatic carbocycles. The van der Waals surface area contributed by atoms with Crippen LogP contribution in [0, 0.1) is 0 Å². The molecule has 1 heterocycles. The van der Waals surface area contributed by atoms with E-state index in [4.69, 9.17) is 26.9 Å². The van der Waals surface area contributed by atoms with Crippen molar-refractivity contribution in [2.24, 2.45) is 5.73 Å². The van der Waals surface area contributed by atoms with Crippen LogP contribution in [0.15, 0.2) is 16.5 Å². The van der Waals surface area contributed by atoms with Crippen molar-refractivity contribution in [2.75, 3.05) is 0 Å². The molecule has 0 aromatic carbocycles.